The molecule has 2 atom stereocenters. The highest BCUT2D eigenvalue weighted by molar-refractivity contribution is 7.89. The van der Waals surface area contributed by atoms with Gasteiger partial charge >= 0.3 is 0 Å². The predicted octanol–water partition coefficient (Wildman–Crippen LogP) is 2.45. The first kappa shape index (κ1) is 22.1. The van der Waals surface area contributed by atoms with Gasteiger partial charge in [-0.1, -0.05) is 6.92 Å². The van der Waals surface area contributed by atoms with E-state index in [1.165, 1.54) is 4.31 Å². The van der Waals surface area contributed by atoms with Crippen molar-refractivity contribution in [1.29, 1.82) is 0 Å². The van der Waals surface area contributed by atoms with Crippen LogP contribution in [0, 0.1) is 11.6 Å². The second-order valence-electron chi connectivity index (χ2n) is 7.78. The number of likely N-dealkylation sites (tertiary alicyclic amines) is 1. The number of benzene rings is 1. The van der Waals surface area contributed by atoms with Crippen LogP contribution < -0.4 is 0 Å². The zero-order valence-electron chi connectivity index (χ0n) is 17.0. The average molecular weight is 430 g/mol. The lowest BCUT2D eigenvalue weighted by molar-refractivity contribution is -0.140. The summed E-state index contributed by atoms with van der Waals surface area (Å²) in [5.74, 6) is -2.16. The van der Waals surface area contributed by atoms with Crippen LogP contribution in [0.25, 0.3) is 0 Å². The number of hydrogen-bond acceptors (Lipinski definition) is 4. The first-order valence-electron chi connectivity index (χ1n) is 10.3. The third kappa shape index (κ3) is 4.62. The van der Waals surface area contributed by atoms with E-state index in [1.54, 1.807) is 0 Å². The quantitative estimate of drug-likeness (QED) is 0.722. The van der Waals surface area contributed by atoms with Crippen molar-refractivity contribution in [2.75, 3.05) is 32.7 Å². The van der Waals surface area contributed by atoms with Gasteiger partial charge < -0.3 is 4.90 Å². The summed E-state index contributed by atoms with van der Waals surface area (Å²) in [6, 6.07) is 2.59. The Morgan fingerprint density at radius 1 is 1.10 bits per heavy atom. The predicted molar refractivity (Wildman–Crippen MR) is 106 cm³/mol. The van der Waals surface area contributed by atoms with Crippen molar-refractivity contribution in [2.45, 2.75) is 56.5 Å². The van der Waals surface area contributed by atoms with Gasteiger partial charge in [0.05, 0.1) is 10.9 Å². The highest BCUT2D eigenvalue weighted by Gasteiger charge is 2.35. The summed E-state index contributed by atoms with van der Waals surface area (Å²) < 4.78 is 53.3. The van der Waals surface area contributed by atoms with Crippen LogP contribution in [0.3, 0.4) is 0 Å². The monoisotopic (exact) mass is 429 g/mol. The van der Waals surface area contributed by atoms with E-state index in [9.17, 15) is 22.0 Å². The average Bonchev–Trinajstić information content (AvgIpc) is 2.74. The van der Waals surface area contributed by atoms with E-state index in [1.807, 2.05) is 16.7 Å². The molecule has 0 N–H and O–H groups in total. The van der Waals surface area contributed by atoms with Gasteiger partial charge in [-0.15, -0.1) is 0 Å². The van der Waals surface area contributed by atoms with Crippen LogP contribution in [0.2, 0.25) is 0 Å². The zero-order chi connectivity index (χ0) is 21.2. The van der Waals surface area contributed by atoms with Gasteiger partial charge in [0.25, 0.3) is 0 Å². The molecule has 0 radical (unpaired) electrons. The maximum absolute atomic E-state index is 13.5. The van der Waals surface area contributed by atoms with Crippen molar-refractivity contribution in [3.05, 3.63) is 29.8 Å². The number of carbonyl (C=O) groups is 1. The molecule has 0 bridgehead atoms. The molecule has 162 valence electrons. The van der Waals surface area contributed by atoms with Gasteiger partial charge in [0.1, 0.15) is 0 Å². The van der Waals surface area contributed by atoms with E-state index < -0.39 is 21.7 Å². The van der Waals surface area contributed by atoms with Crippen molar-refractivity contribution in [3.63, 3.8) is 0 Å². The van der Waals surface area contributed by atoms with Gasteiger partial charge in [0.2, 0.25) is 15.9 Å². The molecule has 0 aliphatic carbocycles. The molecular formula is C20H29F2N3O3S. The molecule has 6 nitrogen and oxygen atoms in total. The van der Waals surface area contributed by atoms with Crippen molar-refractivity contribution in [1.82, 2.24) is 14.1 Å². The van der Waals surface area contributed by atoms with Gasteiger partial charge in [0.15, 0.2) is 11.6 Å². The molecule has 29 heavy (non-hydrogen) atoms. The molecule has 2 saturated heterocycles. The molecule has 9 heteroatoms. The molecule has 0 saturated carbocycles. The third-order valence-corrected chi connectivity index (χ3v) is 7.98. The summed E-state index contributed by atoms with van der Waals surface area (Å²) in [4.78, 5) is 16.7. The molecule has 1 amide bonds. The number of piperidine rings is 1. The number of rotatable bonds is 5. The number of carbonyl (C=O) groups excluding carboxylic acids is 1. The van der Waals surface area contributed by atoms with Crippen LogP contribution in [0.1, 0.15) is 39.5 Å². The number of piperazine rings is 1. The van der Waals surface area contributed by atoms with Crippen LogP contribution in [0.5, 0.6) is 0 Å². The Hall–Kier alpha value is -1.58. The standard InChI is InChI=1S/C20H29F2N3O3S/c1-3-16-6-4-5-9-25(16)20(26)15(2)23-10-12-24(13-11-23)29(27,28)17-7-8-18(21)19(22)14-17/h7-8,14-16H,3-6,9-13H2,1-2H3. The van der Waals surface area contributed by atoms with Crippen molar-refractivity contribution >= 4 is 15.9 Å². The highest BCUT2D eigenvalue weighted by atomic mass is 32.2. The largest absolute Gasteiger partial charge is 0.338 e. The lowest BCUT2D eigenvalue weighted by Gasteiger charge is -2.41. The molecule has 1 aromatic carbocycles. The highest BCUT2D eigenvalue weighted by Crippen LogP contribution is 2.23. The second kappa shape index (κ2) is 9.06. The van der Waals surface area contributed by atoms with Crippen molar-refractivity contribution in [3.8, 4) is 0 Å². The molecule has 0 aromatic heterocycles. The first-order valence-corrected chi connectivity index (χ1v) is 11.7. The van der Waals surface area contributed by atoms with Gasteiger partial charge in [-0.05, 0) is 50.8 Å². The van der Waals surface area contributed by atoms with E-state index >= 15 is 0 Å². The Morgan fingerprint density at radius 3 is 2.41 bits per heavy atom. The molecule has 2 aliphatic heterocycles. The molecular weight excluding hydrogens is 400 g/mol. The van der Waals surface area contributed by atoms with Crippen molar-refractivity contribution in [2.24, 2.45) is 0 Å². The van der Waals surface area contributed by atoms with Crippen LogP contribution in [0.15, 0.2) is 23.1 Å². The Kier molecular flexibility index (Phi) is 6.90. The van der Waals surface area contributed by atoms with Gasteiger partial charge in [-0.2, -0.15) is 4.31 Å². The van der Waals surface area contributed by atoms with E-state index in [4.69, 9.17) is 0 Å². The number of hydrogen-bond donors (Lipinski definition) is 0. The van der Waals surface area contributed by atoms with E-state index in [-0.39, 0.29) is 36.0 Å². The number of sulfonamides is 1. The molecule has 2 aliphatic rings. The topological polar surface area (TPSA) is 60.9 Å². The minimum Gasteiger partial charge on any atom is -0.338 e. The summed E-state index contributed by atoms with van der Waals surface area (Å²) in [7, 11) is -3.90. The van der Waals surface area contributed by atoms with E-state index in [0.29, 0.717) is 19.2 Å². The molecule has 1 aromatic rings. The Labute approximate surface area is 171 Å². The first-order chi connectivity index (χ1) is 13.8. The number of halogens is 2. The SMILES string of the molecule is CCC1CCCCN1C(=O)C(C)N1CCN(S(=O)(=O)c2ccc(F)c(F)c2)CC1. The van der Waals surface area contributed by atoms with Crippen molar-refractivity contribution < 1.29 is 22.0 Å². The minimum atomic E-state index is -3.90. The third-order valence-electron chi connectivity index (χ3n) is 6.09. The number of nitrogens with zero attached hydrogens (tertiary/aromatic N) is 3. The lowest BCUT2D eigenvalue weighted by Crippen LogP contribution is -2.57. The van der Waals surface area contributed by atoms with Crippen LogP contribution in [-0.2, 0) is 14.8 Å². The second-order valence-corrected chi connectivity index (χ2v) is 9.72. The van der Waals surface area contributed by atoms with Gasteiger partial charge in [-0.25, -0.2) is 17.2 Å². The number of amides is 1. The zero-order valence-corrected chi connectivity index (χ0v) is 17.8. The van der Waals surface area contributed by atoms with Crippen LogP contribution in [-0.4, -0.2) is 73.2 Å². The maximum Gasteiger partial charge on any atom is 0.243 e. The minimum absolute atomic E-state index is 0.105. The Morgan fingerprint density at radius 2 is 1.79 bits per heavy atom. The summed E-state index contributed by atoms with van der Waals surface area (Å²) in [5, 5.41) is 0. The van der Waals surface area contributed by atoms with Gasteiger partial charge in [0, 0.05) is 38.8 Å². The Bertz CT molecular complexity index is 841. The van der Waals surface area contributed by atoms with E-state index in [2.05, 4.69) is 6.92 Å². The molecule has 0 spiro atoms. The fourth-order valence-corrected chi connectivity index (χ4v) is 5.66. The van der Waals surface area contributed by atoms with Crippen LogP contribution >= 0.6 is 0 Å². The van der Waals surface area contributed by atoms with E-state index in [0.717, 1.165) is 44.4 Å². The summed E-state index contributed by atoms with van der Waals surface area (Å²) >= 11 is 0. The molecule has 3 rings (SSSR count). The maximum atomic E-state index is 13.5. The summed E-state index contributed by atoms with van der Waals surface area (Å²) in [5.41, 5.74) is 0. The molecule has 2 heterocycles. The van der Waals surface area contributed by atoms with Crippen LogP contribution in [0.4, 0.5) is 8.78 Å². The normalized spacial score (nSPS) is 23.2. The lowest BCUT2D eigenvalue weighted by atomic mass is 9.99. The molecule has 2 fully saturated rings. The smallest absolute Gasteiger partial charge is 0.243 e. The van der Waals surface area contributed by atoms with Gasteiger partial charge in [-0.3, -0.25) is 9.69 Å². The molecule has 2 unspecified atom stereocenters. The summed E-state index contributed by atoms with van der Waals surface area (Å²) in [6.45, 7) is 6.01. The Balaban J connectivity index is 1.63. The fourth-order valence-electron chi connectivity index (χ4n) is 4.23. The summed E-state index contributed by atoms with van der Waals surface area (Å²) in [6.07, 6.45) is 4.15. The fraction of sp³-hybridized carbons (Fsp3) is 0.650.